The number of amides is 1. The fourth-order valence-electron chi connectivity index (χ4n) is 2.96. The van der Waals surface area contributed by atoms with E-state index < -0.39 is 0 Å². The molecule has 1 aromatic carbocycles. The zero-order valence-electron chi connectivity index (χ0n) is 12.4. The molecule has 3 heteroatoms. The van der Waals surface area contributed by atoms with Crippen molar-refractivity contribution in [2.75, 3.05) is 12.4 Å². The molecule has 0 heterocycles. The van der Waals surface area contributed by atoms with Crippen LogP contribution in [0.3, 0.4) is 0 Å². The van der Waals surface area contributed by atoms with Gasteiger partial charge in [-0.2, -0.15) is 0 Å². The standard InChI is InChI=1S/C17H24ClNO/c1-12-7-8-14(9-13(12)2)17(20)19-11-16-6-4-3-5-15(16)10-18/h7-9,15-16H,3-6,10-11H2,1-2H3,(H,19,20). The van der Waals surface area contributed by atoms with E-state index in [0.29, 0.717) is 17.7 Å². The van der Waals surface area contributed by atoms with Crippen LogP contribution in [0, 0.1) is 25.7 Å². The minimum atomic E-state index is 0.0343. The average Bonchev–Trinajstić information content (AvgIpc) is 2.47. The molecule has 1 aromatic rings. The summed E-state index contributed by atoms with van der Waals surface area (Å²) in [5.41, 5.74) is 3.14. The zero-order valence-corrected chi connectivity index (χ0v) is 13.2. The maximum absolute atomic E-state index is 12.2. The fraction of sp³-hybridized carbons (Fsp3) is 0.588. The molecule has 0 saturated heterocycles. The van der Waals surface area contributed by atoms with Gasteiger partial charge in [0.2, 0.25) is 0 Å². The van der Waals surface area contributed by atoms with Crippen LogP contribution in [0.4, 0.5) is 0 Å². The van der Waals surface area contributed by atoms with Gasteiger partial charge in [-0.1, -0.05) is 18.9 Å². The largest absolute Gasteiger partial charge is 0.352 e. The first-order valence-electron chi connectivity index (χ1n) is 7.53. The van der Waals surface area contributed by atoms with Gasteiger partial charge in [0, 0.05) is 18.0 Å². The molecule has 1 saturated carbocycles. The molecule has 2 nitrogen and oxygen atoms in total. The maximum Gasteiger partial charge on any atom is 0.251 e. The van der Waals surface area contributed by atoms with Crippen LogP contribution < -0.4 is 5.32 Å². The van der Waals surface area contributed by atoms with Gasteiger partial charge in [-0.25, -0.2) is 0 Å². The molecule has 0 aromatic heterocycles. The number of carbonyl (C=O) groups excluding carboxylic acids is 1. The third kappa shape index (κ3) is 3.76. The molecule has 1 aliphatic carbocycles. The van der Waals surface area contributed by atoms with Crippen molar-refractivity contribution in [3.63, 3.8) is 0 Å². The van der Waals surface area contributed by atoms with Crippen LogP contribution in [0.5, 0.6) is 0 Å². The van der Waals surface area contributed by atoms with E-state index in [2.05, 4.69) is 12.2 Å². The lowest BCUT2D eigenvalue weighted by Gasteiger charge is -2.30. The smallest absolute Gasteiger partial charge is 0.251 e. The molecular formula is C17H24ClNO. The lowest BCUT2D eigenvalue weighted by molar-refractivity contribution is 0.0936. The van der Waals surface area contributed by atoms with Crippen molar-refractivity contribution in [1.82, 2.24) is 5.32 Å². The minimum Gasteiger partial charge on any atom is -0.352 e. The quantitative estimate of drug-likeness (QED) is 0.833. The summed E-state index contributed by atoms with van der Waals surface area (Å²) in [7, 11) is 0. The van der Waals surface area contributed by atoms with Crippen molar-refractivity contribution in [1.29, 1.82) is 0 Å². The van der Waals surface area contributed by atoms with E-state index in [1.54, 1.807) is 0 Å². The van der Waals surface area contributed by atoms with Gasteiger partial charge in [-0.3, -0.25) is 4.79 Å². The van der Waals surface area contributed by atoms with Crippen molar-refractivity contribution >= 4 is 17.5 Å². The summed E-state index contributed by atoms with van der Waals surface area (Å²) in [5, 5.41) is 3.08. The van der Waals surface area contributed by atoms with Crippen molar-refractivity contribution in [3.05, 3.63) is 34.9 Å². The first kappa shape index (κ1) is 15.4. The molecule has 0 aliphatic heterocycles. The Hall–Kier alpha value is -1.02. The highest BCUT2D eigenvalue weighted by molar-refractivity contribution is 6.18. The molecule has 1 fully saturated rings. The first-order chi connectivity index (χ1) is 9.61. The summed E-state index contributed by atoms with van der Waals surface area (Å²) >= 11 is 6.03. The summed E-state index contributed by atoms with van der Waals surface area (Å²) < 4.78 is 0. The first-order valence-corrected chi connectivity index (χ1v) is 8.06. The van der Waals surface area contributed by atoms with Gasteiger partial charge < -0.3 is 5.32 Å². The Kier molecular flexibility index (Phi) is 5.47. The monoisotopic (exact) mass is 293 g/mol. The Labute approximate surface area is 126 Å². The van der Waals surface area contributed by atoms with Crippen LogP contribution in [0.15, 0.2) is 18.2 Å². The number of alkyl halides is 1. The van der Waals surface area contributed by atoms with E-state index in [0.717, 1.165) is 17.7 Å². The highest BCUT2D eigenvalue weighted by Gasteiger charge is 2.24. The highest BCUT2D eigenvalue weighted by Crippen LogP contribution is 2.30. The summed E-state index contributed by atoms with van der Waals surface area (Å²) in [6, 6.07) is 5.87. The van der Waals surface area contributed by atoms with E-state index in [1.165, 1.54) is 31.2 Å². The lowest BCUT2D eigenvalue weighted by Crippen LogP contribution is -2.34. The Bertz CT molecular complexity index is 472. The van der Waals surface area contributed by atoms with Crippen molar-refractivity contribution in [3.8, 4) is 0 Å². The maximum atomic E-state index is 12.2. The summed E-state index contributed by atoms with van der Waals surface area (Å²) in [6.45, 7) is 4.85. The van der Waals surface area contributed by atoms with E-state index in [-0.39, 0.29) is 5.91 Å². The van der Waals surface area contributed by atoms with E-state index >= 15 is 0 Å². The van der Waals surface area contributed by atoms with Gasteiger partial charge in [0.25, 0.3) is 5.91 Å². The van der Waals surface area contributed by atoms with E-state index in [9.17, 15) is 4.79 Å². The molecule has 2 unspecified atom stereocenters. The Morgan fingerprint density at radius 3 is 2.55 bits per heavy atom. The molecule has 2 rings (SSSR count). The number of halogens is 1. The molecule has 0 bridgehead atoms. The predicted octanol–water partition coefficient (Wildman–Crippen LogP) is 4.08. The van der Waals surface area contributed by atoms with Crippen LogP contribution in [-0.4, -0.2) is 18.3 Å². The molecule has 110 valence electrons. The second-order valence-electron chi connectivity index (χ2n) is 5.97. The van der Waals surface area contributed by atoms with Gasteiger partial charge >= 0.3 is 0 Å². The predicted molar refractivity (Wildman–Crippen MR) is 84.4 cm³/mol. The minimum absolute atomic E-state index is 0.0343. The molecule has 0 spiro atoms. The topological polar surface area (TPSA) is 29.1 Å². The number of carbonyl (C=O) groups is 1. The summed E-state index contributed by atoms with van der Waals surface area (Å²) in [6.07, 6.45) is 4.93. The zero-order chi connectivity index (χ0) is 14.5. The summed E-state index contributed by atoms with van der Waals surface area (Å²) in [4.78, 5) is 12.2. The number of benzene rings is 1. The van der Waals surface area contributed by atoms with Crippen LogP contribution in [0.2, 0.25) is 0 Å². The van der Waals surface area contributed by atoms with Gasteiger partial charge in [0.1, 0.15) is 0 Å². The molecule has 1 N–H and O–H groups in total. The number of aryl methyl sites for hydroxylation is 2. The SMILES string of the molecule is Cc1ccc(C(=O)NCC2CCCCC2CCl)cc1C. The van der Waals surface area contributed by atoms with Gasteiger partial charge in [-0.05, 0) is 61.8 Å². The number of nitrogens with one attached hydrogen (secondary N) is 1. The van der Waals surface area contributed by atoms with Crippen molar-refractivity contribution in [2.45, 2.75) is 39.5 Å². The summed E-state index contributed by atoms with van der Waals surface area (Å²) in [5.74, 6) is 1.85. The van der Waals surface area contributed by atoms with E-state index in [4.69, 9.17) is 11.6 Å². The Morgan fingerprint density at radius 1 is 1.20 bits per heavy atom. The Balaban J connectivity index is 1.92. The molecule has 20 heavy (non-hydrogen) atoms. The molecule has 0 radical (unpaired) electrons. The third-order valence-electron chi connectivity index (χ3n) is 4.56. The van der Waals surface area contributed by atoms with Crippen LogP contribution in [0.1, 0.15) is 47.2 Å². The number of hydrogen-bond acceptors (Lipinski definition) is 1. The second-order valence-corrected chi connectivity index (χ2v) is 6.28. The third-order valence-corrected chi connectivity index (χ3v) is 4.95. The van der Waals surface area contributed by atoms with Gasteiger partial charge in [-0.15, -0.1) is 11.6 Å². The van der Waals surface area contributed by atoms with Crippen molar-refractivity contribution in [2.24, 2.45) is 11.8 Å². The van der Waals surface area contributed by atoms with Crippen LogP contribution in [0.25, 0.3) is 0 Å². The molecular weight excluding hydrogens is 270 g/mol. The van der Waals surface area contributed by atoms with Crippen LogP contribution >= 0.6 is 11.6 Å². The van der Waals surface area contributed by atoms with Crippen molar-refractivity contribution < 1.29 is 4.79 Å². The Morgan fingerprint density at radius 2 is 1.90 bits per heavy atom. The molecule has 2 atom stereocenters. The lowest BCUT2D eigenvalue weighted by atomic mass is 9.80. The average molecular weight is 294 g/mol. The number of rotatable bonds is 4. The highest BCUT2D eigenvalue weighted by atomic mass is 35.5. The van der Waals surface area contributed by atoms with Crippen LogP contribution in [-0.2, 0) is 0 Å². The molecule has 1 amide bonds. The fourth-order valence-corrected chi connectivity index (χ4v) is 3.37. The number of hydrogen-bond donors (Lipinski definition) is 1. The second kappa shape index (κ2) is 7.12. The normalized spacial score (nSPS) is 22.6. The van der Waals surface area contributed by atoms with Gasteiger partial charge in [0.15, 0.2) is 0 Å². The molecule has 1 aliphatic rings. The van der Waals surface area contributed by atoms with Gasteiger partial charge in [0.05, 0.1) is 0 Å². The van der Waals surface area contributed by atoms with E-state index in [1.807, 2.05) is 25.1 Å².